The van der Waals surface area contributed by atoms with Gasteiger partial charge in [0.2, 0.25) is 0 Å². The average Bonchev–Trinajstić information content (AvgIpc) is 3.14. The smallest absolute Gasteiger partial charge is 0.165 e. The number of fused-ring (bicyclic) bond motifs is 2. The van der Waals surface area contributed by atoms with Crippen molar-refractivity contribution in [3.8, 4) is 11.1 Å². The van der Waals surface area contributed by atoms with E-state index in [-0.39, 0.29) is 17.4 Å². The number of rotatable bonds is 2. The molecule has 4 aromatic rings. The number of aromatic nitrogens is 4. The van der Waals surface area contributed by atoms with E-state index in [1.165, 1.54) is 0 Å². The predicted octanol–water partition coefficient (Wildman–Crippen LogP) is 3.58. The van der Waals surface area contributed by atoms with Gasteiger partial charge in [0.05, 0.1) is 33.4 Å². The molecular weight excluding hydrogens is 454 g/mol. The van der Waals surface area contributed by atoms with Gasteiger partial charge in [-0.3, -0.25) is 4.98 Å². The zero-order valence-electron chi connectivity index (χ0n) is 15.4. The van der Waals surface area contributed by atoms with E-state index in [2.05, 4.69) is 32.1 Å². The number of nitrogens with zero attached hydrogens (tertiary/aromatic N) is 4. The highest BCUT2D eigenvalue weighted by Crippen LogP contribution is 2.37. The molecule has 0 unspecified atom stereocenters. The minimum absolute atomic E-state index is 0.0395. The molecule has 1 fully saturated rings. The van der Waals surface area contributed by atoms with Gasteiger partial charge in [0.15, 0.2) is 5.65 Å². The van der Waals surface area contributed by atoms with Gasteiger partial charge in [-0.15, -0.1) is 0 Å². The summed E-state index contributed by atoms with van der Waals surface area (Å²) in [7, 11) is -2.95. The third-order valence-corrected chi connectivity index (χ3v) is 8.02. The number of nitrogens with two attached hydrogens (primary N) is 1. The monoisotopic (exact) mass is 471 g/mol. The number of nitrogen functional groups attached to an aromatic ring is 1. The molecule has 0 spiro atoms. The Hall–Kier alpha value is -2.52. The van der Waals surface area contributed by atoms with E-state index in [1.807, 2.05) is 30.5 Å². The standard InChI is InChI=1S/C20H18BrN5O2S/c21-17-18(12-5-7-29(27,28)8-6-12)25-20-15(11-24-26(20)19(17)22)14-9-13-3-1-2-4-16(13)23-10-14/h1-4,9-12H,5-8,22H2. The van der Waals surface area contributed by atoms with Gasteiger partial charge in [-0.25, -0.2) is 13.4 Å². The van der Waals surface area contributed by atoms with E-state index in [0.29, 0.717) is 28.8 Å². The van der Waals surface area contributed by atoms with Crippen molar-refractivity contribution in [2.75, 3.05) is 17.2 Å². The molecule has 1 aliphatic rings. The fraction of sp³-hybridized carbons (Fsp3) is 0.250. The van der Waals surface area contributed by atoms with Crippen molar-refractivity contribution in [1.29, 1.82) is 0 Å². The topological polar surface area (TPSA) is 103 Å². The summed E-state index contributed by atoms with van der Waals surface area (Å²) in [5.74, 6) is 0.853. The first-order chi connectivity index (χ1) is 13.9. The largest absolute Gasteiger partial charge is 0.383 e. The third kappa shape index (κ3) is 3.18. The molecule has 0 bridgehead atoms. The summed E-state index contributed by atoms with van der Waals surface area (Å²) in [6.45, 7) is 0. The van der Waals surface area contributed by atoms with Gasteiger partial charge in [0.1, 0.15) is 15.7 Å². The van der Waals surface area contributed by atoms with Gasteiger partial charge in [-0.1, -0.05) is 18.2 Å². The summed E-state index contributed by atoms with van der Waals surface area (Å²) in [6.07, 6.45) is 4.65. The van der Waals surface area contributed by atoms with Crippen LogP contribution in [0.2, 0.25) is 0 Å². The molecular formula is C20H18BrN5O2S. The van der Waals surface area contributed by atoms with Crippen molar-refractivity contribution >= 4 is 48.1 Å². The van der Waals surface area contributed by atoms with E-state index >= 15 is 0 Å². The lowest BCUT2D eigenvalue weighted by molar-refractivity contribution is 0.543. The summed E-state index contributed by atoms with van der Waals surface area (Å²) >= 11 is 3.55. The van der Waals surface area contributed by atoms with Crippen LogP contribution in [0.5, 0.6) is 0 Å². The second-order valence-electron chi connectivity index (χ2n) is 7.33. The van der Waals surface area contributed by atoms with Crippen molar-refractivity contribution in [1.82, 2.24) is 19.6 Å². The van der Waals surface area contributed by atoms with Crippen molar-refractivity contribution < 1.29 is 8.42 Å². The molecule has 4 heterocycles. The van der Waals surface area contributed by atoms with Gasteiger partial charge >= 0.3 is 0 Å². The Morgan fingerprint density at radius 1 is 1.14 bits per heavy atom. The van der Waals surface area contributed by atoms with Gasteiger partial charge in [0.25, 0.3) is 0 Å². The molecule has 3 aromatic heterocycles. The first kappa shape index (κ1) is 18.5. The van der Waals surface area contributed by atoms with Crippen molar-refractivity contribution in [2.24, 2.45) is 0 Å². The Morgan fingerprint density at radius 2 is 1.90 bits per heavy atom. The number of sulfone groups is 1. The first-order valence-corrected chi connectivity index (χ1v) is 11.9. The lowest BCUT2D eigenvalue weighted by Crippen LogP contribution is -2.23. The molecule has 7 nitrogen and oxygen atoms in total. The van der Waals surface area contributed by atoms with Crippen LogP contribution in [0.3, 0.4) is 0 Å². The number of hydrogen-bond acceptors (Lipinski definition) is 6. The summed E-state index contributed by atoms with van der Waals surface area (Å²) < 4.78 is 25.9. The van der Waals surface area contributed by atoms with Gasteiger partial charge in [0, 0.05) is 28.6 Å². The fourth-order valence-electron chi connectivity index (χ4n) is 3.87. The molecule has 1 saturated heterocycles. The zero-order chi connectivity index (χ0) is 20.2. The second kappa shape index (κ2) is 6.77. The van der Waals surface area contributed by atoms with Crippen LogP contribution in [-0.2, 0) is 9.84 Å². The molecule has 0 saturated carbocycles. The third-order valence-electron chi connectivity index (χ3n) is 5.49. The molecule has 148 valence electrons. The number of halogens is 1. The van der Waals surface area contributed by atoms with Crippen LogP contribution in [0.25, 0.3) is 27.7 Å². The maximum atomic E-state index is 11.8. The molecule has 1 aromatic carbocycles. The number of anilines is 1. The lowest BCUT2D eigenvalue weighted by Gasteiger charge is -2.23. The Morgan fingerprint density at radius 3 is 2.69 bits per heavy atom. The Kier molecular flexibility index (Phi) is 4.32. The van der Waals surface area contributed by atoms with Crippen LogP contribution in [0.1, 0.15) is 24.5 Å². The fourth-order valence-corrected chi connectivity index (χ4v) is 5.94. The SMILES string of the molecule is Nc1c(Br)c(C2CCS(=O)(=O)CC2)nc2c(-c3cnc4ccccc4c3)cnn12. The van der Waals surface area contributed by atoms with Crippen molar-refractivity contribution in [3.05, 3.63) is 52.9 Å². The van der Waals surface area contributed by atoms with Crippen LogP contribution in [0.4, 0.5) is 5.82 Å². The lowest BCUT2D eigenvalue weighted by atomic mass is 9.98. The molecule has 9 heteroatoms. The van der Waals surface area contributed by atoms with Crippen LogP contribution in [-0.4, -0.2) is 39.5 Å². The highest BCUT2D eigenvalue weighted by molar-refractivity contribution is 9.10. The van der Waals surface area contributed by atoms with E-state index in [0.717, 1.165) is 27.7 Å². The van der Waals surface area contributed by atoms with Gasteiger partial charge in [-0.05, 0) is 40.9 Å². The molecule has 0 amide bonds. The van der Waals surface area contributed by atoms with Gasteiger partial charge < -0.3 is 5.73 Å². The molecule has 5 rings (SSSR count). The molecule has 0 aliphatic carbocycles. The maximum absolute atomic E-state index is 11.8. The minimum Gasteiger partial charge on any atom is -0.383 e. The van der Waals surface area contributed by atoms with Gasteiger partial charge in [-0.2, -0.15) is 9.61 Å². The number of benzene rings is 1. The molecule has 0 radical (unpaired) electrons. The Balaban J connectivity index is 1.65. The van der Waals surface area contributed by atoms with E-state index in [4.69, 9.17) is 10.7 Å². The van der Waals surface area contributed by atoms with Crippen molar-refractivity contribution in [3.63, 3.8) is 0 Å². The molecule has 1 aliphatic heterocycles. The van der Waals surface area contributed by atoms with E-state index < -0.39 is 9.84 Å². The molecule has 0 atom stereocenters. The van der Waals surface area contributed by atoms with E-state index in [1.54, 1.807) is 10.7 Å². The Bertz CT molecular complexity index is 1350. The number of pyridine rings is 1. The molecule has 29 heavy (non-hydrogen) atoms. The van der Waals surface area contributed by atoms with Crippen molar-refractivity contribution in [2.45, 2.75) is 18.8 Å². The minimum atomic E-state index is -2.95. The number of hydrogen-bond donors (Lipinski definition) is 1. The second-order valence-corrected chi connectivity index (χ2v) is 10.4. The quantitative estimate of drug-likeness (QED) is 0.479. The summed E-state index contributed by atoms with van der Waals surface area (Å²) in [6, 6.07) is 9.99. The maximum Gasteiger partial charge on any atom is 0.165 e. The summed E-state index contributed by atoms with van der Waals surface area (Å²) in [5.41, 5.74) is 10.4. The highest BCUT2D eigenvalue weighted by Gasteiger charge is 2.29. The predicted molar refractivity (Wildman–Crippen MR) is 116 cm³/mol. The normalized spacial score (nSPS) is 17.1. The zero-order valence-corrected chi connectivity index (χ0v) is 17.8. The van der Waals surface area contributed by atoms with Crippen LogP contribution in [0.15, 0.2) is 47.2 Å². The first-order valence-electron chi connectivity index (χ1n) is 9.31. The summed E-state index contributed by atoms with van der Waals surface area (Å²) in [5, 5.41) is 5.45. The summed E-state index contributed by atoms with van der Waals surface area (Å²) in [4.78, 5) is 9.41. The average molecular weight is 472 g/mol. The van der Waals surface area contributed by atoms with Crippen LogP contribution >= 0.6 is 15.9 Å². The Labute approximate surface area is 176 Å². The molecule has 2 N–H and O–H groups in total. The van der Waals surface area contributed by atoms with E-state index in [9.17, 15) is 8.42 Å². The highest BCUT2D eigenvalue weighted by atomic mass is 79.9. The van der Waals surface area contributed by atoms with Crippen LogP contribution in [0, 0.1) is 0 Å². The number of para-hydroxylation sites is 1. The van der Waals surface area contributed by atoms with Crippen LogP contribution < -0.4 is 5.73 Å².